The predicted octanol–water partition coefficient (Wildman–Crippen LogP) is 2.56. The third kappa shape index (κ3) is 6.40. The Balaban J connectivity index is 1.32. The second kappa shape index (κ2) is 11.4. The second-order valence-corrected chi connectivity index (χ2v) is 8.35. The van der Waals surface area contributed by atoms with Gasteiger partial charge in [0.1, 0.15) is 31.3 Å². The van der Waals surface area contributed by atoms with Crippen molar-refractivity contribution in [3.05, 3.63) is 59.9 Å². The van der Waals surface area contributed by atoms with E-state index >= 15 is 4.39 Å². The average molecular weight is 495 g/mol. The number of carbonyl (C=O) groups is 1. The van der Waals surface area contributed by atoms with Gasteiger partial charge in [-0.2, -0.15) is 5.10 Å². The summed E-state index contributed by atoms with van der Waals surface area (Å²) in [6, 6.07) is 4.81. The lowest BCUT2D eigenvalue weighted by molar-refractivity contribution is -0.143. The Morgan fingerprint density at radius 1 is 1.19 bits per heavy atom. The Morgan fingerprint density at radius 3 is 2.61 bits per heavy atom. The molecule has 0 radical (unpaired) electrons. The van der Waals surface area contributed by atoms with E-state index < -0.39 is 11.8 Å². The van der Waals surface area contributed by atoms with Crippen molar-refractivity contribution < 1.29 is 18.8 Å². The van der Waals surface area contributed by atoms with Gasteiger partial charge in [-0.3, -0.25) is 14.9 Å². The van der Waals surface area contributed by atoms with Crippen molar-refractivity contribution in [2.24, 2.45) is 17.9 Å². The number of carbonyl (C=O) groups excluding carboxylic acids is 1. The molecule has 1 saturated heterocycles. The first-order chi connectivity index (χ1) is 17.4. The van der Waals surface area contributed by atoms with Gasteiger partial charge < -0.3 is 20.2 Å². The number of piperidine rings is 1. The van der Waals surface area contributed by atoms with Crippen LogP contribution < -0.4 is 10.6 Å². The first-order valence-electron chi connectivity index (χ1n) is 11.4. The predicted molar refractivity (Wildman–Crippen MR) is 131 cm³/mol. The van der Waals surface area contributed by atoms with Crippen LogP contribution in [-0.2, 0) is 34.6 Å². The molecule has 188 valence electrons. The Hall–Kier alpha value is -4.35. The van der Waals surface area contributed by atoms with E-state index in [4.69, 9.17) is 20.7 Å². The highest BCUT2D eigenvalue weighted by Crippen LogP contribution is 2.26. The average Bonchev–Trinajstić information content (AvgIpc) is 3.28. The minimum atomic E-state index is -0.685. The van der Waals surface area contributed by atoms with Crippen LogP contribution in [0.2, 0.25) is 0 Å². The SMILES string of the molecule is Cn1cc(CON=C2CCN(c3ncc(-c4cccc(COC(=O)CC(=N)N)c4F)cn3)CC2)cn1. The number of hydrogen-bond donors (Lipinski definition) is 2. The molecule has 11 nitrogen and oxygen atoms in total. The minimum Gasteiger partial charge on any atom is -0.460 e. The summed E-state index contributed by atoms with van der Waals surface area (Å²) in [4.78, 5) is 28.0. The third-order valence-corrected chi connectivity index (χ3v) is 5.56. The van der Waals surface area contributed by atoms with E-state index in [0.29, 0.717) is 36.8 Å². The number of aryl methyl sites for hydroxylation is 1. The number of anilines is 1. The maximum atomic E-state index is 15.0. The minimum absolute atomic E-state index is 0.210. The molecule has 1 fully saturated rings. The van der Waals surface area contributed by atoms with Crippen LogP contribution in [0.15, 0.2) is 48.1 Å². The quantitative estimate of drug-likeness (QED) is 0.200. The Kier molecular flexibility index (Phi) is 7.83. The van der Waals surface area contributed by atoms with Crippen molar-refractivity contribution in [3.63, 3.8) is 0 Å². The Labute approximate surface area is 207 Å². The third-order valence-electron chi connectivity index (χ3n) is 5.56. The fourth-order valence-corrected chi connectivity index (χ4v) is 3.70. The number of nitrogens with two attached hydrogens (primary N) is 1. The fraction of sp³-hybridized carbons (Fsp3) is 0.333. The maximum absolute atomic E-state index is 15.0. The van der Waals surface area contributed by atoms with Crippen LogP contribution in [0.1, 0.15) is 30.4 Å². The molecule has 0 bridgehead atoms. The molecule has 2 aromatic heterocycles. The molecule has 0 saturated carbocycles. The van der Waals surface area contributed by atoms with E-state index in [1.807, 2.05) is 18.1 Å². The molecule has 36 heavy (non-hydrogen) atoms. The molecule has 4 rings (SSSR count). The summed E-state index contributed by atoms with van der Waals surface area (Å²) in [7, 11) is 1.85. The van der Waals surface area contributed by atoms with Crippen LogP contribution in [0, 0.1) is 11.2 Å². The van der Waals surface area contributed by atoms with E-state index in [-0.39, 0.29) is 24.4 Å². The molecule has 3 N–H and O–H groups in total. The smallest absolute Gasteiger partial charge is 0.313 e. The highest BCUT2D eigenvalue weighted by molar-refractivity contribution is 5.94. The van der Waals surface area contributed by atoms with E-state index in [9.17, 15) is 4.79 Å². The molecule has 3 aromatic rings. The zero-order chi connectivity index (χ0) is 25.5. The number of ether oxygens (including phenoxy) is 1. The highest BCUT2D eigenvalue weighted by Gasteiger charge is 2.19. The van der Waals surface area contributed by atoms with Crippen molar-refractivity contribution in [3.8, 4) is 11.1 Å². The summed E-state index contributed by atoms with van der Waals surface area (Å²) in [5.74, 6) is -0.953. The lowest BCUT2D eigenvalue weighted by Crippen LogP contribution is -2.35. The molecule has 1 aliphatic rings. The van der Waals surface area contributed by atoms with Gasteiger partial charge >= 0.3 is 5.97 Å². The molecule has 1 aliphatic heterocycles. The van der Waals surface area contributed by atoms with E-state index in [0.717, 1.165) is 24.1 Å². The van der Waals surface area contributed by atoms with Crippen molar-refractivity contribution in [2.45, 2.75) is 32.5 Å². The van der Waals surface area contributed by atoms with Gasteiger partial charge in [-0.05, 0) is 0 Å². The second-order valence-electron chi connectivity index (χ2n) is 8.35. The number of nitrogens with one attached hydrogen (secondary N) is 1. The standard InChI is InChI=1S/C24H27FN8O3/c1-32-13-16(10-30-32)14-36-31-19-5-7-33(8-6-19)24-28-11-18(12-29-24)20-4-2-3-17(23(20)25)15-35-22(34)9-21(26)27/h2-4,10-13H,5-9,14-15H2,1H3,(H3,26,27). The topological polar surface area (TPSA) is 145 Å². The monoisotopic (exact) mass is 494 g/mol. The van der Waals surface area contributed by atoms with E-state index in [2.05, 4.69) is 20.2 Å². The van der Waals surface area contributed by atoms with Crippen LogP contribution in [0.25, 0.3) is 11.1 Å². The number of aromatic nitrogens is 4. The number of esters is 1. The summed E-state index contributed by atoms with van der Waals surface area (Å²) in [5, 5.41) is 15.5. The van der Waals surface area contributed by atoms with Gasteiger partial charge in [-0.1, -0.05) is 23.4 Å². The van der Waals surface area contributed by atoms with Crippen molar-refractivity contribution >= 4 is 23.5 Å². The Morgan fingerprint density at radius 2 is 1.94 bits per heavy atom. The van der Waals surface area contributed by atoms with Gasteiger partial charge in [0, 0.05) is 73.8 Å². The fourth-order valence-electron chi connectivity index (χ4n) is 3.70. The summed E-state index contributed by atoms with van der Waals surface area (Å²) in [6.45, 7) is 1.52. The molecule has 3 heterocycles. The lowest BCUT2D eigenvalue weighted by Gasteiger charge is -2.27. The first kappa shape index (κ1) is 24.8. The van der Waals surface area contributed by atoms with Crippen LogP contribution >= 0.6 is 0 Å². The zero-order valence-electron chi connectivity index (χ0n) is 19.9. The lowest BCUT2D eigenvalue weighted by atomic mass is 10.0. The number of benzene rings is 1. The molecule has 0 spiro atoms. The van der Waals surface area contributed by atoms with Crippen LogP contribution in [-0.4, -0.2) is 50.4 Å². The summed E-state index contributed by atoms with van der Waals surface area (Å²) >= 11 is 0. The molecule has 0 amide bonds. The van der Waals surface area contributed by atoms with Gasteiger partial charge in [0.2, 0.25) is 5.95 Å². The van der Waals surface area contributed by atoms with Crippen LogP contribution in [0.4, 0.5) is 10.3 Å². The summed E-state index contributed by atoms with van der Waals surface area (Å²) in [5.41, 5.74) is 8.15. The molecule has 1 aromatic carbocycles. The number of rotatable bonds is 9. The Bertz CT molecular complexity index is 1250. The van der Waals surface area contributed by atoms with Crippen molar-refractivity contribution in [1.82, 2.24) is 19.7 Å². The number of halogens is 1. The summed E-state index contributed by atoms with van der Waals surface area (Å²) in [6.07, 6.45) is 7.92. The van der Waals surface area contributed by atoms with Gasteiger partial charge in [0.25, 0.3) is 0 Å². The largest absolute Gasteiger partial charge is 0.460 e. The van der Waals surface area contributed by atoms with Crippen molar-refractivity contribution in [2.75, 3.05) is 18.0 Å². The highest BCUT2D eigenvalue weighted by atomic mass is 19.1. The molecule has 0 unspecified atom stereocenters. The first-order valence-corrected chi connectivity index (χ1v) is 11.4. The molecular formula is C24H27FN8O3. The molecule has 12 heteroatoms. The van der Waals surface area contributed by atoms with Gasteiger partial charge in [0.05, 0.1) is 11.9 Å². The molecular weight excluding hydrogens is 467 g/mol. The maximum Gasteiger partial charge on any atom is 0.313 e. The van der Waals surface area contributed by atoms with Crippen LogP contribution in [0.5, 0.6) is 0 Å². The summed E-state index contributed by atoms with van der Waals surface area (Å²) < 4.78 is 21.8. The zero-order valence-corrected chi connectivity index (χ0v) is 19.9. The van der Waals surface area contributed by atoms with Crippen molar-refractivity contribution in [1.29, 1.82) is 5.41 Å². The normalized spacial score (nSPS) is 13.4. The number of nitrogens with zero attached hydrogens (tertiary/aromatic N) is 6. The van der Waals surface area contributed by atoms with Gasteiger partial charge in [-0.15, -0.1) is 0 Å². The molecule has 0 atom stereocenters. The van der Waals surface area contributed by atoms with E-state index in [1.54, 1.807) is 35.4 Å². The number of amidine groups is 1. The number of oxime groups is 1. The van der Waals surface area contributed by atoms with Gasteiger partial charge in [0.15, 0.2) is 0 Å². The number of hydrogen-bond acceptors (Lipinski definition) is 9. The van der Waals surface area contributed by atoms with Gasteiger partial charge in [-0.25, -0.2) is 14.4 Å². The van der Waals surface area contributed by atoms with E-state index in [1.165, 1.54) is 6.07 Å². The molecule has 0 aliphatic carbocycles. The van der Waals surface area contributed by atoms with Crippen LogP contribution in [0.3, 0.4) is 0 Å².